The molecule has 0 spiro atoms. The van der Waals surface area contributed by atoms with Gasteiger partial charge in [-0.25, -0.2) is 4.79 Å². The molecule has 0 aliphatic carbocycles. The Labute approximate surface area is 126 Å². The Bertz CT molecular complexity index is 545. The molecule has 0 N–H and O–H groups in total. The van der Waals surface area contributed by atoms with Gasteiger partial charge in [-0.15, -0.1) is 0 Å². The van der Waals surface area contributed by atoms with Crippen LogP contribution >= 0.6 is 0 Å². The summed E-state index contributed by atoms with van der Waals surface area (Å²) in [5, 5.41) is 0. The summed E-state index contributed by atoms with van der Waals surface area (Å²) >= 11 is 0. The third-order valence-electron chi connectivity index (χ3n) is 3.86. The molecule has 0 amide bonds. The van der Waals surface area contributed by atoms with Gasteiger partial charge in [0.05, 0.1) is 0 Å². The van der Waals surface area contributed by atoms with Gasteiger partial charge in [0.15, 0.2) is 5.60 Å². The molecule has 3 nitrogen and oxygen atoms in total. The first kappa shape index (κ1) is 15.5. The van der Waals surface area contributed by atoms with E-state index in [-0.39, 0.29) is 17.7 Å². The summed E-state index contributed by atoms with van der Waals surface area (Å²) in [5.41, 5.74) is 0.118. The number of carbonyl (C=O) groups excluding carboxylic acids is 2. The van der Waals surface area contributed by atoms with Gasteiger partial charge in [0, 0.05) is 18.4 Å². The van der Waals surface area contributed by atoms with Crippen molar-refractivity contribution in [2.24, 2.45) is 11.8 Å². The van der Waals surface area contributed by atoms with Crippen LogP contribution in [-0.4, -0.2) is 11.8 Å². The highest BCUT2D eigenvalue weighted by atomic mass is 16.6. The largest absolute Gasteiger partial charge is 0.446 e. The zero-order valence-corrected chi connectivity index (χ0v) is 12.8. The van der Waals surface area contributed by atoms with Gasteiger partial charge < -0.3 is 9.53 Å². The predicted molar refractivity (Wildman–Crippen MR) is 81.6 cm³/mol. The van der Waals surface area contributed by atoms with Gasteiger partial charge in [-0.05, 0) is 30.9 Å². The second kappa shape index (κ2) is 6.25. The number of rotatable bonds is 6. The van der Waals surface area contributed by atoms with Crippen LogP contribution in [0.1, 0.15) is 39.2 Å². The van der Waals surface area contributed by atoms with Crippen molar-refractivity contribution < 1.29 is 14.3 Å². The quantitative estimate of drug-likeness (QED) is 0.750. The highest BCUT2D eigenvalue weighted by Gasteiger charge is 2.45. The van der Waals surface area contributed by atoms with E-state index in [0.717, 1.165) is 12.0 Å². The molecule has 0 fully saturated rings. The molecule has 0 aromatic heterocycles. The molecule has 1 aromatic carbocycles. The molecule has 0 unspecified atom stereocenters. The van der Waals surface area contributed by atoms with Crippen LogP contribution in [0.2, 0.25) is 0 Å². The summed E-state index contributed by atoms with van der Waals surface area (Å²) in [7, 11) is 0. The highest BCUT2D eigenvalue weighted by Crippen LogP contribution is 2.43. The lowest BCUT2D eigenvalue weighted by Crippen LogP contribution is -2.37. The number of esters is 1. The van der Waals surface area contributed by atoms with Crippen LogP contribution in [-0.2, 0) is 19.9 Å². The maximum absolute atomic E-state index is 11.7. The molecule has 1 aliphatic heterocycles. The van der Waals surface area contributed by atoms with Gasteiger partial charge in [0.25, 0.3) is 0 Å². The fourth-order valence-electron chi connectivity index (χ4n) is 3.06. The van der Waals surface area contributed by atoms with Crippen molar-refractivity contribution in [3.63, 3.8) is 0 Å². The van der Waals surface area contributed by atoms with Crippen LogP contribution in [0.5, 0.6) is 0 Å². The first-order chi connectivity index (χ1) is 9.94. The molecule has 0 saturated heterocycles. The number of hydrogen-bond donors (Lipinski definition) is 0. The van der Waals surface area contributed by atoms with Gasteiger partial charge in [0.1, 0.15) is 5.78 Å². The van der Waals surface area contributed by atoms with Crippen molar-refractivity contribution in [2.75, 3.05) is 0 Å². The molecular weight excluding hydrogens is 264 g/mol. The molecule has 2 rings (SSSR count). The van der Waals surface area contributed by atoms with E-state index in [2.05, 4.69) is 13.8 Å². The van der Waals surface area contributed by atoms with Crippen molar-refractivity contribution in [2.45, 2.75) is 39.2 Å². The molecule has 1 aliphatic rings. The van der Waals surface area contributed by atoms with Crippen molar-refractivity contribution in [1.29, 1.82) is 0 Å². The van der Waals surface area contributed by atoms with E-state index in [0.29, 0.717) is 12.3 Å². The standard InChI is InChI=1S/C18H22O3/c1-13(2)11-16(12-14(3)19)18(10-9-17(20)21-18)15-7-5-4-6-8-15/h4-10,13,16H,11-12H2,1-3H3/t16-,18+/m0/s1. The number of ketones is 1. The molecule has 3 heteroatoms. The van der Waals surface area contributed by atoms with Crippen LogP contribution in [0.25, 0.3) is 0 Å². The van der Waals surface area contributed by atoms with Gasteiger partial charge in [-0.3, -0.25) is 0 Å². The topological polar surface area (TPSA) is 43.4 Å². The number of Topliss-reactive ketones (excluding diaryl/α,β-unsaturated/α-hetero) is 1. The van der Waals surface area contributed by atoms with E-state index in [1.165, 1.54) is 6.08 Å². The number of hydrogen-bond acceptors (Lipinski definition) is 3. The first-order valence-electron chi connectivity index (χ1n) is 7.41. The van der Waals surface area contributed by atoms with E-state index in [4.69, 9.17) is 4.74 Å². The monoisotopic (exact) mass is 286 g/mol. The van der Waals surface area contributed by atoms with Crippen LogP contribution in [0.4, 0.5) is 0 Å². The van der Waals surface area contributed by atoms with Gasteiger partial charge in [-0.2, -0.15) is 0 Å². The number of benzene rings is 1. The molecule has 112 valence electrons. The molecule has 1 aromatic rings. The lowest BCUT2D eigenvalue weighted by molar-refractivity contribution is -0.153. The third-order valence-corrected chi connectivity index (χ3v) is 3.86. The Hall–Kier alpha value is -1.90. The second-order valence-corrected chi connectivity index (χ2v) is 6.15. The SMILES string of the molecule is CC(=O)C[C@H](CC(C)C)[C@]1(c2ccccc2)C=CC(=O)O1. The summed E-state index contributed by atoms with van der Waals surface area (Å²) in [4.78, 5) is 23.4. The van der Waals surface area contributed by atoms with E-state index in [1.54, 1.807) is 6.92 Å². The fourth-order valence-corrected chi connectivity index (χ4v) is 3.06. The van der Waals surface area contributed by atoms with Crippen molar-refractivity contribution >= 4 is 11.8 Å². The van der Waals surface area contributed by atoms with Crippen molar-refractivity contribution in [1.82, 2.24) is 0 Å². The maximum atomic E-state index is 11.7. The van der Waals surface area contributed by atoms with Crippen LogP contribution < -0.4 is 0 Å². The number of carbonyl (C=O) groups is 2. The summed E-state index contributed by atoms with van der Waals surface area (Å²) < 4.78 is 5.70. The third kappa shape index (κ3) is 3.41. The van der Waals surface area contributed by atoms with E-state index in [9.17, 15) is 9.59 Å². The molecule has 0 bridgehead atoms. The lowest BCUT2D eigenvalue weighted by Gasteiger charge is -2.36. The van der Waals surface area contributed by atoms with E-state index < -0.39 is 5.60 Å². The van der Waals surface area contributed by atoms with Gasteiger partial charge in [0.2, 0.25) is 0 Å². The summed E-state index contributed by atoms with van der Waals surface area (Å²) in [6.45, 7) is 5.82. The smallest absolute Gasteiger partial charge is 0.331 e. The average Bonchev–Trinajstić information content (AvgIpc) is 2.81. The minimum absolute atomic E-state index is 0.0416. The highest BCUT2D eigenvalue weighted by molar-refractivity contribution is 5.86. The van der Waals surface area contributed by atoms with Gasteiger partial charge >= 0.3 is 5.97 Å². The number of ether oxygens (including phenoxy) is 1. The van der Waals surface area contributed by atoms with Crippen molar-refractivity contribution in [3.05, 3.63) is 48.0 Å². The molecule has 0 radical (unpaired) electrons. The van der Waals surface area contributed by atoms with E-state index in [1.807, 2.05) is 36.4 Å². The fraction of sp³-hybridized carbons (Fsp3) is 0.444. The minimum atomic E-state index is -0.811. The van der Waals surface area contributed by atoms with Crippen LogP contribution in [0.15, 0.2) is 42.5 Å². The molecule has 21 heavy (non-hydrogen) atoms. The maximum Gasteiger partial charge on any atom is 0.331 e. The first-order valence-corrected chi connectivity index (χ1v) is 7.41. The van der Waals surface area contributed by atoms with E-state index >= 15 is 0 Å². The summed E-state index contributed by atoms with van der Waals surface area (Å²) in [5.74, 6) is 0.159. The number of cyclic esters (lactones) is 1. The molecular formula is C18H22O3. The van der Waals surface area contributed by atoms with Crippen LogP contribution in [0, 0.1) is 11.8 Å². The normalized spacial score (nSPS) is 22.4. The van der Waals surface area contributed by atoms with Gasteiger partial charge in [-0.1, -0.05) is 44.2 Å². The lowest BCUT2D eigenvalue weighted by atomic mass is 9.75. The second-order valence-electron chi connectivity index (χ2n) is 6.15. The summed E-state index contributed by atoms with van der Waals surface area (Å²) in [6.07, 6.45) is 4.53. The molecule has 1 heterocycles. The average molecular weight is 286 g/mol. The zero-order chi connectivity index (χ0) is 15.5. The summed E-state index contributed by atoms with van der Waals surface area (Å²) in [6, 6.07) is 9.70. The Balaban J connectivity index is 2.45. The molecule has 2 atom stereocenters. The zero-order valence-electron chi connectivity index (χ0n) is 12.8. The Morgan fingerprint density at radius 2 is 1.90 bits per heavy atom. The Morgan fingerprint density at radius 3 is 2.38 bits per heavy atom. The predicted octanol–water partition coefficient (Wildman–Crippen LogP) is 3.64. The molecule has 0 saturated carbocycles. The minimum Gasteiger partial charge on any atom is -0.446 e. The van der Waals surface area contributed by atoms with Crippen molar-refractivity contribution in [3.8, 4) is 0 Å². The Morgan fingerprint density at radius 1 is 1.24 bits per heavy atom. The van der Waals surface area contributed by atoms with Crippen LogP contribution in [0.3, 0.4) is 0 Å². The Kier molecular flexibility index (Phi) is 4.61.